The van der Waals surface area contributed by atoms with E-state index in [0.29, 0.717) is 24.3 Å². The van der Waals surface area contributed by atoms with Crippen molar-refractivity contribution in [1.29, 1.82) is 0 Å². The van der Waals surface area contributed by atoms with Crippen molar-refractivity contribution in [3.05, 3.63) is 24.0 Å². The number of hydrogen-bond acceptors (Lipinski definition) is 4. The summed E-state index contributed by atoms with van der Waals surface area (Å²) in [5.74, 6) is 0.0248. The summed E-state index contributed by atoms with van der Waals surface area (Å²) in [6.45, 7) is 7.50. The maximum Gasteiger partial charge on any atom is 0.333 e. The third-order valence-corrected chi connectivity index (χ3v) is 4.25. The van der Waals surface area contributed by atoms with E-state index in [2.05, 4.69) is 13.5 Å². The number of ether oxygens (including phenoxy) is 1. The Labute approximate surface area is 120 Å². The number of hydrogen-bond donors (Lipinski definition) is 1. The Morgan fingerprint density at radius 3 is 2.60 bits per heavy atom. The van der Waals surface area contributed by atoms with Crippen LogP contribution in [0.5, 0.6) is 0 Å². The molecule has 20 heavy (non-hydrogen) atoms. The number of Topliss-reactive ketones (excluding diaryl/α,β-unsaturated/α-hetero) is 1. The second-order valence-corrected chi connectivity index (χ2v) is 5.60. The molecule has 0 bridgehead atoms. The number of allylic oxidation sites excluding steroid dienone is 1. The lowest BCUT2D eigenvalue weighted by molar-refractivity contribution is -0.136. The molecule has 1 fully saturated rings. The first kappa shape index (κ1) is 16.5. The molecule has 1 saturated carbocycles. The van der Waals surface area contributed by atoms with E-state index in [4.69, 9.17) is 4.74 Å². The lowest BCUT2D eigenvalue weighted by Crippen LogP contribution is -2.29. The highest BCUT2D eigenvalue weighted by atomic mass is 16.5. The molecule has 0 aliphatic heterocycles. The number of ketones is 1. The van der Waals surface area contributed by atoms with Gasteiger partial charge in [0.25, 0.3) is 0 Å². The normalized spacial score (nSPS) is 28.1. The number of methoxy groups -OCH3 is 1. The van der Waals surface area contributed by atoms with Crippen LogP contribution in [0.1, 0.15) is 39.5 Å². The molecule has 0 unspecified atom stereocenters. The molecule has 0 radical (unpaired) electrons. The van der Waals surface area contributed by atoms with E-state index in [-0.39, 0.29) is 17.6 Å². The quantitative estimate of drug-likeness (QED) is 0.477. The summed E-state index contributed by atoms with van der Waals surface area (Å²) >= 11 is 0. The van der Waals surface area contributed by atoms with Crippen LogP contribution in [0, 0.1) is 17.8 Å². The molecule has 3 atom stereocenters. The van der Waals surface area contributed by atoms with Crippen LogP contribution in [0.3, 0.4) is 0 Å². The highest BCUT2D eigenvalue weighted by Gasteiger charge is 2.36. The van der Waals surface area contributed by atoms with Crippen molar-refractivity contribution in [1.82, 2.24) is 0 Å². The average molecular weight is 280 g/mol. The van der Waals surface area contributed by atoms with Crippen LogP contribution in [0.4, 0.5) is 0 Å². The molecular weight excluding hydrogens is 256 g/mol. The fraction of sp³-hybridized carbons (Fsp3) is 0.625. The van der Waals surface area contributed by atoms with Crippen LogP contribution in [-0.2, 0) is 14.3 Å². The van der Waals surface area contributed by atoms with Gasteiger partial charge in [-0.05, 0) is 43.6 Å². The molecule has 4 nitrogen and oxygen atoms in total. The molecule has 4 heteroatoms. The molecule has 0 heterocycles. The minimum absolute atomic E-state index is 0.115. The summed E-state index contributed by atoms with van der Waals surface area (Å²) in [6, 6.07) is 0. The lowest BCUT2D eigenvalue weighted by atomic mass is 9.67. The van der Waals surface area contributed by atoms with Gasteiger partial charge in [-0.1, -0.05) is 13.5 Å². The van der Waals surface area contributed by atoms with Crippen molar-refractivity contribution in [2.75, 3.05) is 7.11 Å². The number of carbonyl (C=O) groups excluding carboxylic acids is 2. The predicted octanol–water partition coefficient (Wildman–Crippen LogP) is 3.19. The van der Waals surface area contributed by atoms with E-state index in [1.165, 1.54) is 7.11 Å². The first-order valence-corrected chi connectivity index (χ1v) is 7.03. The van der Waals surface area contributed by atoms with E-state index in [1.807, 2.05) is 0 Å². The fourth-order valence-electron chi connectivity index (χ4n) is 3.03. The van der Waals surface area contributed by atoms with E-state index in [1.54, 1.807) is 6.92 Å². The molecule has 1 N–H and O–H groups in total. The second kappa shape index (κ2) is 7.27. The zero-order chi connectivity index (χ0) is 15.3. The van der Waals surface area contributed by atoms with Gasteiger partial charge in [0.1, 0.15) is 5.78 Å². The Bertz CT molecular complexity index is 422. The highest BCUT2D eigenvalue weighted by molar-refractivity contribution is 5.88. The van der Waals surface area contributed by atoms with Crippen LogP contribution < -0.4 is 0 Å². The van der Waals surface area contributed by atoms with Crippen molar-refractivity contribution in [3.8, 4) is 0 Å². The molecule has 0 aromatic rings. The summed E-state index contributed by atoms with van der Waals surface area (Å²) < 4.78 is 4.72. The predicted molar refractivity (Wildman–Crippen MR) is 77.2 cm³/mol. The molecule has 1 aliphatic rings. The van der Waals surface area contributed by atoms with Gasteiger partial charge < -0.3 is 14.6 Å². The van der Waals surface area contributed by atoms with Gasteiger partial charge in [-0.2, -0.15) is 0 Å². The zero-order valence-corrected chi connectivity index (χ0v) is 12.5. The van der Waals surface area contributed by atoms with Crippen molar-refractivity contribution in [2.24, 2.45) is 17.8 Å². The third kappa shape index (κ3) is 3.71. The van der Waals surface area contributed by atoms with Crippen LogP contribution in [0.25, 0.3) is 0 Å². The average Bonchev–Trinajstić information content (AvgIpc) is 2.43. The number of carbonyl (C=O) groups is 2. The van der Waals surface area contributed by atoms with Gasteiger partial charge in [-0.15, -0.1) is 0 Å². The monoisotopic (exact) mass is 280 g/mol. The summed E-state index contributed by atoms with van der Waals surface area (Å²) in [5.41, 5.74) is 1.19. The number of esters is 1. The number of rotatable bonds is 5. The van der Waals surface area contributed by atoms with E-state index >= 15 is 0 Å². The SMILES string of the molecule is C=C(C(=O)OC)[C@@H]1CC[C@@H](C)[C@H](CCC(C)=O)/C1=C\O. The molecular formula is C16H24O4. The van der Waals surface area contributed by atoms with E-state index in [0.717, 1.165) is 24.7 Å². The minimum Gasteiger partial charge on any atom is -0.516 e. The van der Waals surface area contributed by atoms with Gasteiger partial charge in [0.15, 0.2) is 0 Å². The molecule has 0 saturated heterocycles. The molecule has 1 rings (SSSR count). The van der Waals surface area contributed by atoms with Crippen molar-refractivity contribution in [2.45, 2.75) is 39.5 Å². The van der Waals surface area contributed by atoms with Crippen molar-refractivity contribution < 1.29 is 19.4 Å². The maximum atomic E-state index is 11.6. The standard InChI is InChI=1S/C16H24O4/c1-10-5-7-14(12(3)16(19)20-4)15(9-17)13(10)8-6-11(2)18/h9-10,13-14,17H,3,5-8H2,1-2,4H3/b15-9+/t10-,13+,14+/m1/s1. The smallest absolute Gasteiger partial charge is 0.333 e. The van der Waals surface area contributed by atoms with Gasteiger partial charge in [-0.3, -0.25) is 0 Å². The zero-order valence-electron chi connectivity index (χ0n) is 12.5. The number of aliphatic hydroxyl groups is 1. The van der Waals surface area contributed by atoms with Gasteiger partial charge >= 0.3 is 5.97 Å². The Balaban J connectivity index is 2.91. The Morgan fingerprint density at radius 2 is 2.10 bits per heavy atom. The largest absolute Gasteiger partial charge is 0.516 e. The summed E-state index contributed by atoms with van der Waals surface area (Å²) in [6.07, 6.45) is 4.01. The molecule has 112 valence electrons. The molecule has 0 spiro atoms. The summed E-state index contributed by atoms with van der Waals surface area (Å²) in [5, 5.41) is 9.58. The molecule has 0 aromatic carbocycles. The first-order chi connectivity index (χ1) is 9.42. The van der Waals surface area contributed by atoms with Gasteiger partial charge in [-0.25, -0.2) is 4.79 Å². The Morgan fingerprint density at radius 1 is 1.45 bits per heavy atom. The van der Waals surface area contributed by atoms with E-state index < -0.39 is 5.97 Å². The summed E-state index contributed by atoms with van der Waals surface area (Å²) in [4.78, 5) is 22.8. The third-order valence-electron chi connectivity index (χ3n) is 4.25. The molecule has 0 amide bonds. The van der Waals surface area contributed by atoms with Crippen LogP contribution in [-0.4, -0.2) is 24.0 Å². The van der Waals surface area contributed by atoms with Crippen LogP contribution in [0.2, 0.25) is 0 Å². The molecule has 0 aromatic heterocycles. The second-order valence-electron chi connectivity index (χ2n) is 5.60. The highest BCUT2D eigenvalue weighted by Crippen LogP contribution is 2.43. The van der Waals surface area contributed by atoms with Crippen LogP contribution >= 0.6 is 0 Å². The van der Waals surface area contributed by atoms with Crippen LogP contribution in [0.15, 0.2) is 24.0 Å². The minimum atomic E-state index is -0.436. The maximum absolute atomic E-state index is 11.6. The number of aliphatic hydroxyl groups excluding tert-OH is 1. The summed E-state index contributed by atoms with van der Waals surface area (Å²) in [7, 11) is 1.33. The van der Waals surface area contributed by atoms with Gasteiger partial charge in [0, 0.05) is 17.9 Å². The van der Waals surface area contributed by atoms with Crippen molar-refractivity contribution in [3.63, 3.8) is 0 Å². The Hall–Kier alpha value is -1.58. The molecule has 1 aliphatic carbocycles. The van der Waals surface area contributed by atoms with Gasteiger partial charge in [0.2, 0.25) is 0 Å². The topological polar surface area (TPSA) is 63.6 Å². The van der Waals surface area contributed by atoms with Crippen molar-refractivity contribution >= 4 is 11.8 Å². The van der Waals surface area contributed by atoms with Gasteiger partial charge in [0.05, 0.1) is 13.4 Å². The van der Waals surface area contributed by atoms with E-state index in [9.17, 15) is 14.7 Å². The Kier molecular flexibility index (Phi) is 5.99. The lowest BCUT2D eigenvalue weighted by Gasteiger charge is -2.37. The first-order valence-electron chi connectivity index (χ1n) is 7.03. The fourth-order valence-corrected chi connectivity index (χ4v) is 3.03.